The monoisotopic (exact) mass is 174 g/mol. The average molecular weight is 174 g/mol. The van der Waals surface area contributed by atoms with Gasteiger partial charge in [0.1, 0.15) is 5.82 Å². The Bertz CT molecular complexity index is 378. The second-order valence-electron chi connectivity index (χ2n) is 3.79. The van der Waals surface area contributed by atoms with Crippen LogP contribution in [-0.4, -0.2) is 0 Å². The minimum atomic E-state index is -0.223. The van der Waals surface area contributed by atoms with Crippen molar-refractivity contribution in [3.05, 3.63) is 35.6 Å². The van der Waals surface area contributed by atoms with Gasteiger partial charge >= 0.3 is 0 Å². The highest BCUT2D eigenvalue weighted by Gasteiger charge is 2.35. The van der Waals surface area contributed by atoms with E-state index in [1.165, 1.54) is 6.07 Å². The third-order valence-corrected chi connectivity index (χ3v) is 2.37. The van der Waals surface area contributed by atoms with Gasteiger partial charge in [0.2, 0.25) is 0 Å². The van der Waals surface area contributed by atoms with Gasteiger partial charge < -0.3 is 0 Å². The molecule has 13 heavy (non-hydrogen) atoms. The van der Waals surface area contributed by atoms with Gasteiger partial charge in [0.25, 0.3) is 0 Å². The molecule has 0 heterocycles. The Kier molecular flexibility index (Phi) is 1.84. The van der Waals surface area contributed by atoms with Crippen LogP contribution in [-0.2, 0) is 0 Å². The normalized spacial score (nSPS) is 17.4. The lowest BCUT2D eigenvalue weighted by molar-refractivity contribution is 0.624. The molecule has 0 bridgehead atoms. The van der Waals surface area contributed by atoms with Crippen LogP contribution >= 0.6 is 0 Å². The molecule has 1 aromatic carbocycles. The molecular weight excluding hydrogens is 163 g/mol. The van der Waals surface area contributed by atoms with Gasteiger partial charge in [0.15, 0.2) is 0 Å². The van der Waals surface area contributed by atoms with Crippen molar-refractivity contribution in [3.8, 4) is 11.8 Å². The van der Waals surface area contributed by atoms with Gasteiger partial charge in [0.05, 0.1) is 5.56 Å². The minimum Gasteiger partial charge on any atom is -0.206 e. The van der Waals surface area contributed by atoms with E-state index in [4.69, 9.17) is 0 Å². The van der Waals surface area contributed by atoms with Crippen LogP contribution in [0.2, 0.25) is 0 Å². The Labute approximate surface area is 77.8 Å². The fourth-order valence-electron chi connectivity index (χ4n) is 1.09. The van der Waals surface area contributed by atoms with Crippen LogP contribution in [0, 0.1) is 23.1 Å². The maximum Gasteiger partial charge on any atom is 0.138 e. The van der Waals surface area contributed by atoms with Crippen molar-refractivity contribution >= 4 is 0 Å². The van der Waals surface area contributed by atoms with Crippen LogP contribution in [0.1, 0.15) is 25.3 Å². The van der Waals surface area contributed by atoms with E-state index in [1.54, 1.807) is 12.1 Å². The first-order valence-corrected chi connectivity index (χ1v) is 4.47. The molecule has 0 saturated heterocycles. The van der Waals surface area contributed by atoms with Gasteiger partial charge in [-0.1, -0.05) is 24.0 Å². The van der Waals surface area contributed by atoms with Crippen LogP contribution in [0.4, 0.5) is 4.39 Å². The molecule has 0 nitrogen and oxygen atoms in total. The number of hydrogen-bond acceptors (Lipinski definition) is 0. The standard InChI is InChI=1S/C12H11F/c1-12(8-9-12)7-6-10-4-2-3-5-11(10)13/h2-5H,8-9H2,1H3. The molecule has 0 radical (unpaired) electrons. The smallest absolute Gasteiger partial charge is 0.138 e. The lowest BCUT2D eigenvalue weighted by Gasteiger charge is -1.94. The van der Waals surface area contributed by atoms with Crippen LogP contribution in [0.3, 0.4) is 0 Å². The van der Waals surface area contributed by atoms with Gasteiger partial charge in [-0.05, 0) is 31.9 Å². The van der Waals surface area contributed by atoms with Crippen molar-refractivity contribution in [1.82, 2.24) is 0 Å². The summed E-state index contributed by atoms with van der Waals surface area (Å²) >= 11 is 0. The van der Waals surface area contributed by atoms with E-state index in [1.807, 2.05) is 6.07 Å². The van der Waals surface area contributed by atoms with Gasteiger partial charge in [-0.15, -0.1) is 0 Å². The molecule has 1 saturated carbocycles. The second kappa shape index (κ2) is 2.88. The molecule has 0 aromatic heterocycles. The summed E-state index contributed by atoms with van der Waals surface area (Å²) in [5, 5.41) is 0. The Morgan fingerprint density at radius 1 is 1.31 bits per heavy atom. The average Bonchev–Trinajstić information content (AvgIpc) is 2.83. The zero-order valence-corrected chi connectivity index (χ0v) is 7.60. The number of hydrogen-bond donors (Lipinski definition) is 0. The zero-order valence-electron chi connectivity index (χ0n) is 7.60. The molecule has 1 fully saturated rings. The summed E-state index contributed by atoms with van der Waals surface area (Å²) in [6.07, 6.45) is 2.29. The Hall–Kier alpha value is -1.29. The van der Waals surface area contributed by atoms with Crippen molar-refractivity contribution < 1.29 is 4.39 Å². The van der Waals surface area contributed by atoms with Crippen LogP contribution in [0.15, 0.2) is 24.3 Å². The summed E-state index contributed by atoms with van der Waals surface area (Å²) in [4.78, 5) is 0. The van der Waals surface area contributed by atoms with Gasteiger partial charge in [-0.2, -0.15) is 0 Å². The quantitative estimate of drug-likeness (QED) is 0.530. The Morgan fingerprint density at radius 2 is 2.00 bits per heavy atom. The maximum absolute atomic E-state index is 13.1. The molecule has 1 aliphatic carbocycles. The van der Waals surface area contributed by atoms with Gasteiger partial charge in [0, 0.05) is 5.41 Å². The SMILES string of the molecule is CC1(C#Cc2ccccc2F)CC1. The fourth-order valence-corrected chi connectivity index (χ4v) is 1.09. The van der Waals surface area contributed by atoms with E-state index < -0.39 is 0 Å². The van der Waals surface area contributed by atoms with Crippen LogP contribution in [0.25, 0.3) is 0 Å². The Morgan fingerprint density at radius 3 is 2.62 bits per heavy atom. The Balaban J connectivity index is 2.25. The highest BCUT2D eigenvalue weighted by atomic mass is 19.1. The molecule has 2 rings (SSSR count). The molecule has 1 heteroatoms. The summed E-state index contributed by atoms with van der Waals surface area (Å²) < 4.78 is 13.1. The van der Waals surface area contributed by atoms with Crippen molar-refractivity contribution in [1.29, 1.82) is 0 Å². The van der Waals surface area contributed by atoms with E-state index in [9.17, 15) is 4.39 Å². The van der Waals surface area contributed by atoms with E-state index >= 15 is 0 Å². The largest absolute Gasteiger partial charge is 0.206 e. The van der Waals surface area contributed by atoms with E-state index in [-0.39, 0.29) is 11.2 Å². The predicted octanol–water partition coefficient (Wildman–Crippen LogP) is 2.98. The minimum absolute atomic E-state index is 0.169. The first-order valence-electron chi connectivity index (χ1n) is 4.47. The topological polar surface area (TPSA) is 0 Å². The molecule has 1 aromatic rings. The van der Waals surface area contributed by atoms with Crippen molar-refractivity contribution in [2.45, 2.75) is 19.8 Å². The van der Waals surface area contributed by atoms with E-state index in [2.05, 4.69) is 18.8 Å². The summed E-state index contributed by atoms with van der Waals surface area (Å²) in [6.45, 7) is 2.11. The first-order chi connectivity index (χ1) is 6.20. The van der Waals surface area contributed by atoms with E-state index in [0.717, 1.165) is 12.8 Å². The third kappa shape index (κ3) is 1.89. The van der Waals surface area contributed by atoms with Crippen molar-refractivity contribution in [2.75, 3.05) is 0 Å². The van der Waals surface area contributed by atoms with Gasteiger partial charge in [-0.25, -0.2) is 4.39 Å². The van der Waals surface area contributed by atoms with Crippen molar-refractivity contribution in [3.63, 3.8) is 0 Å². The highest BCUT2D eigenvalue weighted by Crippen LogP contribution is 2.44. The number of rotatable bonds is 0. The predicted molar refractivity (Wildman–Crippen MR) is 50.6 cm³/mol. The summed E-state index contributed by atoms with van der Waals surface area (Å²) in [7, 11) is 0. The third-order valence-electron chi connectivity index (χ3n) is 2.37. The lowest BCUT2D eigenvalue weighted by Crippen LogP contribution is -1.87. The summed E-state index contributed by atoms with van der Waals surface area (Å²) in [6, 6.07) is 6.65. The zero-order chi connectivity index (χ0) is 9.31. The molecule has 66 valence electrons. The lowest BCUT2D eigenvalue weighted by atomic mass is 10.1. The van der Waals surface area contributed by atoms with Gasteiger partial charge in [-0.3, -0.25) is 0 Å². The molecule has 0 aliphatic heterocycles. The molecule has 1 aliphatic rings. The molecule has 0 amide bonds. The molecular formula is C12H11F. The van der Waals surface area contributed by atoms with E-state index in [0.29, 0.717) is 5.56 Å². The molecule has 0 atom stereocenters. The summed E-state index contributed by atoms with van der Waals surface area (Å²) in [5.74, 6) is 5.77. The maximum atomic E-state index is 13.1. The number of halogens is 1. The molecule has 0 unspecified atom stereocenters. The molecule has 0 N–H and O–H groups in total. The van der Waals surface area contributed by atoms with Crippen molar-refractivity contribution in [2.24, 2.45) is 5.41 Å². The second-order valence-corrected chi connectivity index (χ2v) is 3.79. The van der Waals surface area contributed by atoms with Crippen LogP contribution in [0.5, 0.6) is 0 Å². The fraction of sp³-hybridized carbons (Fsp3) is 0.333. The highest BCUT2D eigenvalue weighted by molar-refractivity contribution is 5.37. The molecule has 0 spiro atoms. The van der Waals surface area contributed by atoms with Crippen LogP contribution < -0.4 is 0 Å². The number of benzene rings is 1. The summed E-state index contributed by atoms with van der Waals surface area (Å²) in [5.41, 5.74) is 0.679. The first kappa shape index (κ1) is 8.31.